The average Bonchev–Trinajstić information content (AvgIpc) is 2.25. The summed E-state index contributed by atoms with van der Waals surface area (Å²) in [5, 5.41) is 6.50. The summed E-state index contributed by atoms with van der Waals surface area (Å²) in [5.74, 6) is 0.453. The molecule has 0 aromatic heterocycles. The number of hydrogen-bond donors (Lipinski definition) is 1. The monoisotopic (exact) mass is 199 g/mol. The van der Waals surface area contributed by atoms with E-state index in [2.05, 4.69) is 32.8 Å². The standard InChI is InChI=1S/C9H17N3S/c1-6(2)7-9(3,4)5-12(11-7)8(10)13/h6H,5H2,1-4H3,(H2,10,13). The highest BCUT2D eigenvalue weighted by Gasteiger charge is 2.36. The van der Waals surface area contributed by atoms with Gasteiger partial charge in [0.25, 0.3) is 0 Å². The Hall–Kier alpha value is -0.640. The average molecular weight is 199 g/mol. The molecule has 0 bridgehead atoms. The number of rotatable bonds is 1. The first-order chi connectivity index (χ1) is 5.84. The second-order valence-corrected chi connectivity index (χ2v) is 4.84. The van der Waals surface area contributed by atoms with Gasteiger partial charge in [-0.1, -0.05) is 27.7 Å². The molecule has 0 saturated heterocycles. The number of thiocarbonyl (C=S) groups is 1. The Bertz CT molecular complexity index is 256. The zero-order valence-corrected chi connectivity index (χ0v) is 9.48. The summed E-state index contributed by atoms with van der Waals surface area (Å²) in [6, 6.07) is 0. The molecule has 3 nitrogen and oxygen atoms in total. The van der Waals surface area contributed by atoms with Gasteiger partial charge in [0.1, 0.15) is 0 Å². The topological polar surface area (TPSA) is 41.6 Å². The lowest BCUT2D eigenvalue weighted by molar-refractivity contribution is 0.384. The van der Waals surface area contributed by atoms with Gasteiger partial charge < -0.3 is 5.73 Å². The van der Waals surface area contributed by atoms with Crippen molar-refractivity contribution in [1.82, 2.24) is 5.01 Å². The Kier molecular flexibility index (Phi) is 2.61. The Morgan fingerprint density at radius 3 is 2.38 bits per heavy atom. The smallest absolute Gasteiger partial charge is 0.186 e. The van der Waals surface area contributed by atoms with Crippen molar-refractivity contribution in [3.05, 3.63) is 0 Å². The highest BCUT2D eigenvalue weighted by molar-refractivity contribution is 7.80. The van der Waals surface area contributed by atoms with Crippen LogP contribution in [0.1, 0.15) is 27.7 Å². The summed E-state index contributed by atoms with van der Waals surface area (Å²) >= 11 is 4.89. The Balaban J connectivity index is 2.91. The molecule has 0 atom stereocenters. The predicted octanol–water partition coefficient (Wildman–Crippen LogP) is 1.58. The van der Waals surface area contributed by atoms with Crippen molar-refractivity contribution >= 4 is 23.0 Å². The predicted molar refractivity (Wildman–Crippen MR) is 59.5 cm³/mol. The van der Waals surface area contributed by atoms with Gasteiger partial charge in [-0.15, -0.1) is 0 Å². The van der Waals surface area contributed by atoms with Crippen LogP contribution < -0.4 is 5.73 Å². The number of nitrogens with zero attached hydrogens (tertiary/aromatic N) is 2. The molecule has 1 aliphatic heterocycles. The molecule has 1 rings (SSSR count). The van der Waals surface area contributed by atoms with Crippen LogP contribution >= 0.6 is 12.2 Å². The third-order valence-electron chi connectivity index (χ3n) is 2.27. The zero-order chi connectivity index (χ0) is 10.2. The Labute approximate surface area is 85.0 Å². The van der Waals surface area contributed by atoms with E-state index in [0.717, 1.165) is 6.54 Å². The van der Waals surface area contributed by atoms with Crippen molar-refractivity contribution in [3.63, 3.8) is 0 Å². The molecular formula is C9H17N3S. The summed E-state index contributed by atoms with van der Waals surface area (Å²) in [7, 11) is 0. The summed E-state index contributed by atoms with van der Waals surface area (Å²) in [5.41, 5.74) is 6.81. The molecule has 1 aliphatic rings. The van der Waals surface area contributed by atoms with E-state index in [1.165, 1.54) is 5.71 Å². The number of hydrazone groups is 1. The maximum Gasteiger partial charge on any atom is 0.186 e. The van der Waals surface area contributed by atoms with E-state index >= 15 is 0 Å². The minimum atomic E-state index is 0.0948. The lowest BCUT2D eigenvalue weighted by atomic mass is 9.83. The van der Waals surface area contributed by atoms with Crippen molar-refractivity contribution in [2.75, 3.05) is 6.54 Å². The fraction of sp³-hybridized carbons (Fsp3) is 0.778. The Morgan fingerprint density at radius 1 is 1.62 bits per heavy atom. The molecule has 0 saturated carbocycles. The minimum Gasteiger partial charge on any atom is -0.375 e. The van der Waals surface area contributed by atoms with Crippen LogP contribution in [0.5, 0.6) is 0 Å². The van der Waals surface area contributed by atoms with Gasteiger partial charge in [0.2, 0.25) is 0 Å². The molecule has 0 spiro atoms. The quantitative estimate of drug-likeness (QED) is 0.652. The third kappa shape index (κ3) is 1.99. The van der Waals surface area contributed by atoms with Crippen LogP contribution in [-0.2, 0) is 0 Å². The van der Waals surface area contributed by atoms with E-state index < -0.39 is 0 Å². The summed E-state index contributed by atoms with van der Waals surface area (Å²) in [6.07, 6.45) is 0. The van der Waals surface area contributed by atoms with Gasteiger partial charge in [-0.05, 0) is 18.1 Å². The van der Waals surface area contributed by atoms with Crippen LogP contribution in [0.4, 0.5) is 0 Å². The van der Waals surface area contributed by atoms with Crippen LogP contribution in [0.3, 0.4) is 0 Å². The fourth-order valence-electron chi connectivity index (χ4n) is 1.78. The van der Waals surface area contributed by atoms with Gasteiger partial charge >= 0.3 is 0 Å². The van der Waals surface area contributed by atoms with Crippen LogP contribution in [0.25, 0.3) is 0 Å². The van der Waals surface area contributed by atoms with Gasteiger partial charge in [0.15, 0.2) is 5.11 Å². The first-order valence-corrected chi connectivity index (χ1v) is 4.91. The number of nitrogens with two attached hydrogens (primary N) is 1. The van der Waals surface area contributed by atoms with Gasteiger partial charge in [0, 0.05) is 11.1 Å². The van der Waals surface area contributed by atoms with Gasteiger partial charge in [-0.2, -0.15) is 5.10 Å². The van der Waals surface area contributed by atoms with E-state index in [9.17, 15) is 0 Å². The van der Waals surface area contributed by atoms with Crippen molar-refractivity contribution < 1.29 is 0 Å². The van der Waals surface area contributed by atoms with E-state index in [1.807, 2.05) is 0 Å². The van der Waals surface area contributed by atoms with Gasteiger partial charge in [-0.3, -0.25) is 0 Å². The van der Waals surface area contributed by atoms with Crippen molar-refractivity contribution in [2.45, 2.75) is 27.7 Å². The third-order valence-corrected chi connectivity index (χ3v) is 2.48. The highest BCUT2D eigenvalue weighted by atomic mass is 32.1. The van der Waals surface area contributed by atoms with Crippen LogP contribution in [0.15, 0.2) is 5.10 Å². The molecule has 74 valence electrons. The molecule has 0 radical (unpaired) electrons. The van der Waals surface area contributed by atoms with Crippen LogP contribution in [0, 0.1) is 11.3 Å². The lowest BCUT2D eigenvalue weighted by Crippen LogP contribution is -2.34. The first kappa shape index (κ1) is 10.4. The lowest BCUT2D eigenvalue weighted by Gasteiger charge is -2.22. The molecule has 13 heavy (non-hydrogen) atoms. The molecule has 1 heterocycles. The minimum absolute atomic E-state index is 0.0948. The van der Waals surface area contributed by atoms with Crippen LogP contribution in [0.2, 0.25) is 0 Å². The highest BCUT2D eigenvalue weighted by Crippen LogP contribution is 2.30. The molecule has 0 fully saturated rings. The van der Waals surface area contributed by atoms with E-state index in [4.69, 9.17) is 18.0 Å². The summed E-state index contributed by atoms with van der Waals surface area (Å²) in [4.78, 5) is 0. The summed E-state index contributed by atoms with van der Waals surface area (Å²) < 4.78 is 0. The first-order valence-electron chi connectivity index (χ1n) is 4.50. The van der Waals surface area contributed by atoms with Gasteiger partial charge in [0.05, 0.1) is 6.54 Å². The second-order valence-electron chi connectivity index (χ2n) is 4.42. The summed E-state index contributed by atoms with van der Waals surface area (Å²) in [6.45, 7) is 9.43. The molecule has 4 heteroatoms. The Morgan fingerprint density at radius 2 is 2.15 bits per heavy atom. The molecule has 0 amide bonds. The molecular weight excluding hydrogens is 182 g/mol. The molecule has 0 unspecified atom stereocenters. The van der Waals surface area contributed by atoms with Crippen molar-refractivity contribution in [1.29, 1.82) is 0 Å². The van der Waals surface area contributed by atoms with E-state index in [0.29, 0.717) is 11.0 Å². The molecule has 0 aromatic carbocycles. The van der Waals surface area contributed by atoms with E-state index in [1.54, 1.807) is 5.01 Å². The molecule has 0 aromatic rings. The maximum atomic E-state index is 5.53. The maximum absolute atomic E-state index is 5.53. The zero-order valence-electron chi connectivity index (χ0n) is 8.66. The number of hydrogen-bond acceptors (Lipinski definition) is 2. The van der Waals surface area contributed by atoms with Gasteiger partial charge in [-0.25, -0.2) is 5.01 Å². The van der Waals surface area contributed by atoms with Crippen molar-refractivity contribution in [3.8, 4) is 0 Å². The van der Waals surface area contributed by atoms with Crippen molar-refractivity contribution in [2.24, 2.45) is 22.2 Å². The normalized spacial score (nSPS) is 20.7. The second kappa shape index (κ2) is 3.25. The fourth-order valence-corrected chi connectivity index (χ4v) is 1.89. The SMILES string of the molecule is CC(C)C1=NN(C(N)=S)CC1(C)C. The van der Waals surface area contributed by atoms with Crippen LogP contribution in [-0.4, -0.2) is 22.4 Å². The molecule has 0 aliphatic carbocycles. The van der Waals surface area contributed by atoms with E-state index in [-0.39, 0.29) is 5.41 Å². The molecule has 2 N–H and O–H groups in total. The largest absolute Gasteiger partial charge is 0.375 e.